The van der Waals surface area contributed by atoms with E-state index in [1.54, 1.807) is 0 Å². The van der Waals surface area contributed by atoms with E-state index in [-0.39, 0.29) is 5.91 Å². The molecule has 2 aromatic rings. The highest BCUT2D eigenvalue weighted by atomic mass is 32.1. The number of nitrogens with zero attached hydrogens (tertiary/aromatic N) is 3. The molecule has 0 atom stereocenters. The average Bonchev–Trinajstić information content (AvgIpc) is 3.10. The SMILES string of the molecule is Cc1nn(C)c(C)c1CC(=O)Nc1nc(C2CC2)cs1. The van der Waals surface area contributed by atoms with Crippen molar-refractivity contribution in [2.75, 3.05) is 5.32 Å². The Hall–Kier alpha value is -1.69. The lowest BCUT2D eigenvalue weighted by Gasteiger charge is -2.02. The number of anilines is 1. The number of aryl methyl sites for hydroxylation is 2. The van der Waals surface area contributed by atoms with Crippen LogP contribution in [0.3, 0.4) is 0 Å². The van der Waals surface area contributed by atoms with E-state index in [1.165, 1.54) is 24.2 Å². The van der Waals surface area contributed by atoms with Crippen LogP contribution in [0.1, 0.15) is 41.4 Å². The quantitative estimate of drug-likeness (QED) is 0.941. The number of carbonyl (C=O) groups is 1. The highest BCUT2D eigenvalue weighted by molar-refractivity contribution is 7.13. The molecule has 6 heteroatoms. The molecule has 1 aliphatic carbocycles. The molecule has 0 bridgehead atoms. The molecule has 1 fully saturated rings. The summed E-state index contributed by atoms with van der Waals surface area (Å²) in [6.07, 6.45) is 2.81. The monoisotopic (exact) mass is 290 g/mol. The van der Waals surface area contributed by atoms with Gasteiger partial charge in [-0.1, -0.05) is 0 Å². The van der Waals surface area contributed by atoms with Crippen LogP contribution in [-0.4, -0.2) is 20.7 Å². The highest BCUT2D eigenvalue weighted by Gasteiger charge is 2.26. The van der Waals surface area contributed by atoms with Crippen LogP contribution in [0.15, 0.2) is 5.38 Å². The highest BCUT2D eigenvalue weighted by Crippen LogP contribution is 2.40. The molecule has 20 heavy (non-hydrogen) atoms. The Morgan fingerprint density at radius 1 is 1.50 bits per heavy atom. The van der Waals surface area contributed by atoms with E-state index in [0.29, 0.717) is 17.5 Å². The standard InChI is InChI=1S/C14H18N4OS/c1-8-11(9(2)18(3)17-8)6-13(19)16-14-15-12(7-20-14)10-4-5-10/h7,10H,4-6H2,1-3H3,(H,15,16,19). The van der Waals surface area contributed by atoms with Gasteiger partial charge in [-0.25, -0.2) is 4.98 Å². The molecule has 1 N–H and O–H groups in total. The molecule has 3 rings (SSSR count). The summed E-state index contributed by atoms with van der Waals surface area (Å²) in [6, 6.07) is 0. The molecule has 1 aliphatic rings. The number of aromatic nitrogens is 3. The number of amides is 1. The molecule has 0 spiro atoms. The summed E-state index contributed by atoms with van der Waals surface area (Å²) in [6.45, 7) is 3.92. The van der Waals surface area contributed by atoms with Crippen LogP contribution in [0.5, 0.6) is 0 Å². The van der Waals surface area contributed by atoms with E-state index in [4.69, 9.17) is 0 Å². The first-order valence-corrected chi connectivity index (χ1v) is 7.67. The Morgan fingerprint density at radius 2 is 2.25 bits per heavy atom. The number of rotatable bonds is 4. The van der Waals surface area contributed by atoms with Gasteiger partial charge in [-0.05, 0) is 26.7 Å². The molecule has 0 aliphatic heterocycles. The van der Waals surface area contributed by atoms with Crippen molar-refractivity contribution < 1.29 is 4.79 Å². The second-order valence-corrected chi connectivity index (χ2v) is 6.21. The Morgan fingerprint density at radius 3 is 2.85 bits per heavy atom. The van der Waals surface area contributed by atoms with Crippen LogP contribution in [0.2, 0.25) is 0 Å². The maximum atomic E-state index is 12.1. The van der Waals surface area contributed by atoms with Crippen LogP contribution in [0.4, 0.5) is 5.13 Å². The van der Waals surface area contributed by atoms with Crippen molar-refractivity contribution in [1.29, 1.82) is 0 Å². The molecular formula is C14H18N4OS. The van der Waals surface area contributed by atoms with Gasteiger partial charge in [0.15, 0.2) is 5.13 Å². The minimum atomic E-state index is -0.0269. The second kappa shape index (κ2) is 5.01. The molecule has 0 aromatic carbocycles. The van der Waals surface area contributed by atoms with Gasteiger partial charge in [0.05, 0.1) is 17.8 Å². The van der Waals surface area contributed by atoms with Crippen molar-refractivity contribution >= 4 is 22.4 Å². The summed E-state index contributed by atoms with van der Waals surface area (Å²) >= 11 is 1.51. The topological polar surface area (TPSA) is 59.8 Å². The maximum absolute atomic E-state index is 12.1. The van der Waals surface area contributed by atoms with Crippen LogP contribution in [0, 0.1) is 13.8 Å². The lowest BCUT2D eigenvalue weighted by molar-refractivity contribution is -0.115. The van der Waals surface area contributed by atoms with Crippen molar-refractivity contribution in [2.45, 2.75) is 39.0 Å². The summed E-state index contributed by atoms with van der Waals surface area (Å²) in [5, 5.41) is 9.97. The minimum Gasteiger partial charge on any atom is -0.302 e. The van der Waals surface area contributed by atoms with Crippen LogP contribution in [-0.2, 0) is 18.3 Å². The fourth-order valence-corrected chi connectivity index (χ4v) is 3.12. The smallest absolute Gasteiger partial charge is 0.230 e. The number of thiazole rings is 1. The summed E-state index contributed by atoms with van der Waals surface area (Å²) in [5.41, 5.74) is 4.08. The predicted molar refractivity (Wildman–Crippen MR) is 79.1 cm³/mol. The van der Waals surface area contributed by atoms with Crippen molar-refractivity contribution in [3.63, 3.8) is 0 Å². The van der Waals surface area contributed by atoms with Gasteiger partial charge < -0.3 is 5.32 Å². The summed E-state index contributed by atoms with van der Waals surface area (Å²) in [7, 11) is 1.90. The number of hydrogen-bond donors (Lipinski definition) is 1. The molecule has 2 heterocycles. The zero-order valence-corrected chi connectivity index (χ0v) is 12.8. The third kappa shape index (κ3) is 2.60. The van der Waals surface area contributed by atoms with E-state index in [9.17, 15) is 4.79 Å². The summed E-state index contributed by atoms with van der Waals surface area (Å²) in [5.74, 6) is 0.598. The van der Waals surface area contributed by atoms with Gasteiger partial charge in [-0.3, -0.25) is 9.48 Å². The van der Waals surface area contributed by atoms with Crippen molar-refractivity contribution in [2.24, 2.45) is 7.05 Å². The average molecular weight is 290 g/mol. The minimum absolute atomic E-state index is 0.0269. The molecule has 0 radical (unpaired) electrons. The normalized spacial score (nSPS) is 14.6. The first-order valence-electron chi connectivity index (χ1n) is 6.79. The van der Waals surface area contributed by atoms with Crippen LogP contribution < -0.4 is 5.32 Å². The first-order chi connectivity index (χ1) is 9.54. The zero-order valence-electron chi connectivity index (χ0n) is 11.9. The Balaban J connectivity index is 1.66. The van der Waals surface area contributed by atoms with Gasteiger partial charge in [0.2, 0.25) is 5.91 Å². The van der Waals surface area contributed by atoms with Gasteiger partial charge in [-0.2, -0.15) is 5.10 Å². The molecule has 0 unspecified atom stereocenters. The van der Waals surface area contributed by atoms with Crippen molar-refractivity contribution in [1.82, 2.24) is 14.8 Å². The Labute approximate surface area is 122 Å². The second-order valence-electron chi connectivity index (χ2n) is 5.35. The number of hydrogen-bond acceptors (Lipinski definition) is 4. The largest absolute Gasteiger partial charge is 0.302 e. The molecule has 1 saturated carbocycles. The van der Waals surface area contributed by atoms with Gasteiger partial charge in [0.25, 0.3) is 0 Å². The van der Waals surface area contributed by atoms with Crippen molar-refractivity contribution in [3.05, 3.63) is 28.0 Å². The first kappa shape index (κ1) is 13.3. The van der Waals surface area contributed by atoms with Gasteiger partial charge >= 0.3 is 0 Å². The van der Waals surface area contributed by atoms with Crippen molar-refractivity contribution in [3.8, 4) is 0 Å². The fourth-order valence-electron chi connectivity index (χ4n) is 2.31. The Kier molecular flexibility index (Phi) is 3.33. The van der Waals surface area contributed by atoms with Gasteiger partial charge in [-0.15, -0.1) is 11.3 Å². The van der Waals surface area contributed by atoms with E-state index in [1.807, 2.05) is 31.0 Å². The molecule has 0 saturated heterocycles. The van der Waals surface area contributed by atoms with Crippen LogP contribution in [0.25, 0.3) is 0 Å². The molecular weight excluding hydrogens is 272 g/mol. The van der Waals surface area contributed by atoms with Gasteiger partial charge in [0, 0.05) is 29.6 Å². The fraction of sp³-hybridized carbons (Fsp3) is 0.500. The number of nitrogens with one attached hydrogen (secondary N) is 1. The molecule has 1 amide bonds. The maximum Gasteiger partial charge on any atom is 0.230 e. The van der Waals surface area contributed by atoms with E-state index in [2.05, 4.69) is 15.4 Å². The zero-order chi connectivity index (χ0) is 14.3. The van der Waals surface area contributed by atoms with E-state index in [0.717, 1.165) is 22.6 Å². The lowest BCUT2D eigenvalue weighted by atomic mass is 10.1. The summed E-state index contributed by atoms with van der Waals surface area (Å²) in [4.78, 5) is 16.6. The molecule has 2 aromatic heterocycles. The van der Waals surface area contributed by atoms with Gasteiger partial charge in [0.1, 0.15) is 0 Å². The van der Waals surface area contributed by atoms with Crippen LogP contribution >= 0.6 is 11.3 Å². The predicted octanol–water partition coefficient (Wildman–Crippen LogP) is 2.55. The number of carbonyl (C=O) groups excluding carboxylic acids is 1. The molecule has 5 nitrogen and oxygen atoms in total. The third-order valence-corrected chi connectivity index (χ3v) is 4.54. The molecule has 106 valence electrons. The summed E-state index contributed by atoms with van der Waals surface area (Å²) < 4.78 is 1.81. The third-order valence-electron chi connectivity index (χ3n) is 3.76. The lowest BCUT2D eigenvalue weighted by Crippen LogP contribution is -2.15. The Bertz CT molecular complexity index is 654. The van der Waals surface area contributed by atoms with E-state index < -0.39 is 0 Å². The van der Waals surface area contributed by atoms with E-state index >= 15 is 0 Å².